The van der Waals surface area contributed by atoms with Gasteiger partial charge >= 0.3 is 0 Å². The average Bonchev–Trinajstić information content (AvgIpc) is 3.77. The van der Waals surface area contributed by atoms with Gasteiger partial charge in [0, 0.05) is 27.3 Å². The molecule has 3 atom stereocenters. The molecule has 0 bridgehead atoms. The largest absolute Gasteiger partial charge is 0.388 e. The third-order valence-electron chi connectivity index (χ3n) is 6.05. The zero-order chi connectivity index (χ0) is 35.0. The van der Waals surface area contributed by atoms with E-state index in [1.54, 1.807) is 28.1 Å². The summed E-state index contributed by atoms with van der Waals surface area (Å²) in [4.78, 5) is 57.6. The van der Waals surface area contributed by atoms with Gasteiger partial charge in [0.2, 0.25) is 11.8 Å². The van der Waals surface area contributed by atoms with E-state index < -0.39 is 35.4 Å². The van der Waals surface area contributed by atoms with Gasteiger partial charge in [0.15, 0.2) is 5.78 Å². The molecule has 0 aromatic carbocycles. The molecule has 1 unspecified atom stereocenters. The van der Waals surface area contributed by atoms with Crippen LogP contribution in [-0.2, 0) is 38.2 Å². The first kappa shape index (κ1) is 44.3. The quantitative estimate of drug-likeness (QED) is 0.106. The maximum absolute atomic E-state index is 12.8. The molecule has 13 nitrogen and oxygen atoms in total. The zero-order valence-electron chi connectivity index (χ0n) is 29.7. The van der Waals surface area contributed by atoms with Crippen LogP contribution in [0.3, 0.4) is 0 Å². The van der Waals surface area contributed by atoms with Crippen molar-refractivity contribution in [3.63, 3.8) is 0 Å². The number of hydrogen-bond acceptors (Lipinski definition) is 10. The molecule has 2 fully saturated rings. The van der Waals surface area contributed by atoms with Gasteiger partial charge in [-0.05, 0) is 32.6 Å². The molecule has 2 aliphatic heterocycles. The molecule has 3 amide bonds. The Bertz CT molecular complexity index is 913. The van der Waals surface area contributed by atoms with E-state index in [4.69, 9.17) is 14.3 Å². The van der Waals surface area contributed by atoms with Crippen molar-refractivity contribution in [2.45, 2.75) is 99.3 Å². The Morgan fingerprint density at radius 1 is 1.02 bits per heavy atom. The number of amides is 3. The number of nitrogens with one attached hydrogen (secondary N) is 3. The van der Waals surface area contributed by atoms with Crippen LogP contribution in [0.15, 0.2) is 17.5 Å². The number of epoxide rings is 1. The maximum Gasteiger partial charge on any atom is 0.269 e. The van der Waals surface area contributed by atoms with E-state index in [1.165, 1.54) is 13.3 Å². The number of ether oxygens (including phenoxy) is 3. The van der Waals surface area contributed by atoms with Crippen molar-refractivity contribution in [3.8, 4) is 0 Å². The van der Waals surface area contributed by atoms with Gasteiger partial charge < -0.3 is 35.0 Å². The van der Waals surface area contributed by atoms with Crippen LogP contribution in [0.1, 0.15) is 81.6 Å². The van der Waals surface area contributed by atoms with E-state index >= 15 is 0 Å². The second-order valence-electron chi connectivity index (χ2n) is 11.1. The number of morpholine rings is 1. The first-order chi connectivity index (χ1) is 21.3. The molecule has 2 saturated heterocycles. The fraction of sp³-hybridized carbons (Fsp3) is 0.781. The standard InChI is InChI=1S/C25H41N5O7.C3H8.C2H6O.C2H6/c1-7-19(22(32)25(6)15-36-25)27-21(31)13-26-24(34)20(12-16(2)3)28-23(33)18(5)29-37-17(4)14-30-8-10-35-11-9-30;2*1-3-2;1-2/h16,19-20H,4,7-15H2,1-3,5-6H3,(H,26,34)(H,27,31)(H,28,33);3H2,1-2H3;1-2H3;1-2H3/b29-18+;;;/t19-,20-,25?;;;/m0.../s1. The lowest BCUT2D eigenvalue weighted by Crippen LogP contribution is -2.52. The Morgan fingerprint density at radius 2 is 1.56 bits per heavy atom. The topological polar surface area (TPSA) is 160 Å². The molecule has 0 radical (unpaired) electrons. The monoisotopic (exact) mass is 643 g/mol. The van der Waals surface area contributed by atoms with Crippen molar-refractivity contribution in [1.82, 2.24) is 20.9 Å². The van der Waals surface area contributed by atoms with Gasteiger partial charge in [-0.3, -0.25) is 24.1 Å². The lowest BCUT2D eigenvalue weighted by Gasteiger charge is -2.26. The van der Waals surface area contributed by atoms with Crippen LogP contribution in [0.25, 0.3) is 0 Å². The average molecular weight is 644 g/mol. The number of ketones is 1. The highest BCUT2D eigenvalue weighted by atomic mass is 16.6. The van der Waals surface area contributed by atoms with Gasteiger partial charge in [-0.2, -0.15) is 0 Å². The number of oxime groups is 1. The number of carbonyl (C=O) groups excluding carboxylic acids is 4. The molecule has 0 aromatic heterocycles. The van der Waals surface area contributed by atoms with Gasteiger partial charge in [-0.15, -0.1) is 0 Å². The molecule has 0 saturated carbocycles. The number of carbonyl (C=O) groups is 4. The summed E-state index contributed by atoms with van der Waals surface area (Å²) in [6.45, 7) is 24.1. The van der Waals surface area contributed by atoms with E-state index in [0.717, 1.165) is 13.1 Å². The SMILES string of the molecule is C=C(CN1CCOCC1)O/N=C(\C)C(=O)N[C@@H](CC(C)C)C(=O)NCC(=O)N[C@@H](CC)C(=O)C1(C)CO1.CC.CCC.COC. The summed E-state index contributed by atoms with van der Waals surface area (Å²) < 4.78 is 14.7. The molecule has 13 heteroatoms. The van der Waals surface area contributed by atoms with Gasteiger partial charge in [0.1, 0.15) is 23.1 Å². The maximum atomic E-state index is 12.8. The third-order valence-corrected chi connectivity index (χ3v) is 6.05. The number of methoxy groups -OCH3 is 1. The minimum atomic E-state index is -0.885. The Balaban J connectivity index is 0. The summed E-state index contributed by atoms with van der Waals surface area (Å²) in [6, 6.07) is -1.58. The fourth-order valence-corrected chi connectivity index (χ4v) is 3.69. The highest BCUT2D eigenvalue weighted by molar-refractivity contribution is 6.38. The van der Waals surface area contributed by atoms with Crippen molar-refractivity contribution < 1.29 is 38.2 Å². The van der Waals surface area contributed by atoms with E-state index in [2.05, 4.69) is 51.2 Å². The minimum absolute atomic E-state index is 0.0301. The highest BCUT2D eigenvalue weighted by Crippen LogP contribution is 2.28. The summed E-state index contributed by atoms with van der Waals surface area (Å²) >= 11 is 0. The van der Waals surface area contributed by atoms with Crippen molar-refractivity contribution in [2.75, 3.05) is 60.2 Å². The molecule has 0 aliphatic carbocycles. The van der Waals surface area contributed by atoms with Crippen LogP contribution < -0.4 is 16.0 Å². The van der Waals surface area contributed by atoms with E-state index in [1.807, 2.05) is 27.7 Å². The van der Waals surface area contributed by atoms with Crippen LogP contribution in [-0.4, -0.2) is 112 Å². The van der Waals surface area contributed by atoms with Crippen molar-refractivity contribution >= 4 is 29.2 Å². The predicted octanol–water partition coefficient (Wildman–Crippen LogP) is 2.83. The summed E-state index contributed by atoms with van der Waals surface area (Å²) in [6.07, 6.45) is 2.01. The van der Waals surface area contributed by atoms with Crippen LogP contribution in [0, 0.1) is 5.92 Å². The molecular weight excluding hydrogens is 582 g/mol. The van der Waals surface area contributed by atoms with Crippen molar-refractivity contribution in [3.05, 3.63) is 12.3 Å². The molecule has 0 spiro atoms. The molecule has 0 aromatic rings. The predicted molar refractivity (Wildman–Crippen MR) is 177 cm³/mol. The Morgan fingerprint density at radius 3 is 2.02 bits per heavy atom. The Hall–Kier alpha value is -2.87. The normalized spacial score (nSPS) is 18.6. The molecule has 2 heterocycles. The van der Waals surface area contributed by atoms with Crippen molar-refractivity contribution in [2.24, 2.45) is 11.1 Å². The number of nitrogens with zero attached hydrogens (tertiary/aromatic N) is 2. The Labute approximate surface area is 271 Å². The van der Waals surface area contributed by atoms with Gasteiger partial charge in [-0.25, -0.2) is 0 Å². The lowest BCUT2D eigenvalue weighted by atomic mass is 9.99. The number of rotatable bonds is 15. The number of hydrogen-bond donors (Lipinski definition) is 3. The van der Waals surface area contributed by atoms with Crippen molar-refractivity contribution in [1.29, 1.82) is 0 Å². The molecule has 2 aliphatic rings. The Kier molecular flexibility index (Phi) is 24.9. The molecule has 262 valence electrons. The van der Waals surface area contributed by atoms with E-state index in [0.29, 0.717) is 45.0 Å². The van der Waals surface area contributed by atoms with E-state index in [9.17, 15) is 19.2 Å². The van der Waals surface area contributed by atoms with E-state index in [-0.39, 0.29) is 24.0 Å². The van der Waals surface area contributed by atoms with Crippen LogP contribution >= 0.6 is 0 Å². The van der Waals surface area contributed by atoms with Crippen LogP contribution in [0.5, 0.6) is 0 Å². The van der Waals surface area contributed by atoms with Crippen LogP contribution in [0.4, 0.5) is 0 Å². The first-order valence-electron chi connectivity index (χ1n) is 15.9. The summed E-state index contributed by atoms with van der Waals surface area (Å²) in [5.74, 6) is -1.30. The first-order valence-corrected chi connectivity index (χ1v) is 15.9. The zero-order valence-corrected chi connectivity index (χ0v) is 29.7. The fourth-order valence-electron chi connectivity index (χ4n) is 3.69. The van der Waals surface area contributed by atoms with Gasteiger partial charge in [-0.1, -0.05) is 66.6 Å². The number of Topliss-reactive ketones (excluding diaryl/α,β-unsaturated/α-hetero) is 1. The second kappa shape index (κ2) is 25.3. The second-order valence-corrected chi connectivity index (χ2v) is 11.1. The summed E-state index contributed by atoms with van der Waals surface area (Å²) in [5.41, 5.74) is -0.815. The summed E-state index contributed by atoms with van der Waals surface area (Å²) in [7, 11) is 3.25. The highest BCUT2D eigenvalue weighted by Gasteiger charge is 2.49. The third kappa shape index (κ3) is 20.0. The van der Waals surface area contributed by atoms with Crippen LogP contribution in [0.2, 0.25) is 0 Å². The summed E-state index contributed by atoms with van der Waals surface area (Å²) in [5, 5.41) is 11.7. The molecular formula is C32H61N5O8. The minimum Gasteiger partial charge on any atom is -0.388 e. The molecule has 2 rings (SSSR count). The molecule has 3 N–H and O–H groups in total. The lowest BCUT2D eigenvalue weighted by molar-refractivity contribution is -0.131. The van der Waals surface area contributed by atoms with Gasteiger partial charge in [0.25, 0.3) is 5.91 Å². The van der Waals surface area contributed by atoms with Gasteiger partial charge in [0.05, 0.1) is 39.0 Å². The molecule has 45 heavy (non-hydrogen) atoms. The smallest absolute Gasteiger partial charge is 0.269 e.